The molecule has 11 heteroatoms. The standard InChI is InChI=1S/C32H31F3N2O5S/c1-20(18-41-19-21-7-5-4-6-8-21)17-37(43(3,39)40)27-16-28-26(15-25(27)22-9-10-22)29(31(38)36-2)30(42-28)23-11-13-24(14-12-23)32(33,34)35/h4-8,11-16,22H,1,9-10,17-19H2,2-3H3,(H,36,38). The molecule has 0 aliphatic heterocycles. The third kappa shape index (κ3) is 6.78. The molecule has 1 N–H and O–H groups in total. The molecule has 0 spiro atoms. The number of sulfonamides is 1. The van der Waals surface area contributed by atoms with Crippen LogP contribution in [0.3, 0.4) is 0 Å². The minimum absolute atomic E-state index is 0.0341. The Morgan fingerprint density at radius 3 is 2.35 bits per heavy atom. The summed E-state index contributed by atoms with van der Waals surface area (Å²) < 4.78 is 78.9. The highest BCUT2D eigenvalue weighted by Gasteiger charge is 2.34. The van der Waals surface area contributed by atoms with Gasteiger partial charge in [0.05, 0.1) is 42.8 Å². The topological polar surface area (TPSA) is 88.8 Å². The number of carbonyl (C=O) groups excluding carboxylic acids is 1. The van der Waals surface area contributed by atoms with Gasteiger partial charge in [0.2, 0.25) is 10.0 Å². The monoisotopic (exact) mass is 612 g/mol. The van der Waals surface area contributed by atoms with Gasteiger partial charge < -0.3 is 14.5 Å². The number of hydrogen-bond donors (Lipinski definition) is 1. The van der Waals surface area contributed by atoms with E-state index in [1.54, 1.807) is 12.1 Å². The molecule has 0 radical (unpaired) electrons. The number of hydrogen-bond acceptors (Lipinski definition) is 5. The van der Waals surface area contributed by atoms with Crippen LogP contribution in [0.1, 0.15) is 45.8 Å². The van der Waals surface area contributed by atoms with Crippen LogP contribution in [0.4, 0.5) is 18.9 Å². The van der Waals surface area contributed by atoms with E-state index >= 15 is 0 Å². The van der Waals surface area contributed by atoms with Crippen molar-refractivity contribution in [2.75, 3.05) is 30.8 Å². The first-order valence-corrected chi connectivity index (χ1v) is 15.5. The molecule has 226 valence electrons. The second kappa shape index (κ2) is 11.9. The highest BCUT2D eigenvalue weighted by molar-refractivity contribution is 7.92. The summed E-state index contributed by atoms with van der Waals surface area (Å²) in [4.78, 5) is 13.0. The van der Waals surface area contributed by atoms with Crippen molar-refractivity contribution in [1.82, 2.24) is 5.32 Å². The van der Waals surface area contributed by atoms with E-state index in [0.29, 0.717) is 23.3 Å². The van der Waals surface area contributed by atoms with Gasteiger partial charge in [-0.2, -0.15) is 13.2 Å². The van der Waals surface area contributed by atoms with Gasteiger partial charge in [-0.05, 0) is 53.7 Å². The smallest absolute Gasteiger partial charge is 0.416 e. The van der Waals surface area contributed by atoms with Gasteiger partial charge in [0, 0.05) is 24.1 Å². The Morgan fingerprint density at radius 2 is 1.77 bits per heavy atom. The van der Waals surface area contributed by atoms with Gasteiger partial charge in [0.25, 0.3) is 5.91 Å². The molecule has 0 bridgehead atoms. The summed E-state index contributed by atoms with van der Waals surface area (Å²) in [5.74, 6) is -0.313. The number of ether oxygens (including phenoxy) is 1. The largest absolute Gasteiger partial charge is 0.455 e. The van der Waals surface area contributed by atoms with Crippen LogP contribution in [-0.2, 0) is 27.5 Å². The Labute approximate surface area is 248 Å². The molecule has 1 fully saturated rings. The van der Waals surface area contributed by atoms with Gasteiger partial charge in [-0.25, -0.2) is 8.42 Å². The molecule has 1 aromatic heterocycles. The lowest BCUT2D eigenvalue weighted by Crippen LogP contribution is -2.33. The van der Waals surface area contributed by atoms with E-state index in [1.165, 1.54) is 23.5 Å². The molecule has 3 aromatic carbocycles. The molecule has 0 atom stereocenters. The minimum Gasteiger partial charge on any atom is -0.455 e. The molecule has 1 amide bonds. The quantitative estimate of drug-likeness (QED) is 0.186. The van der Waals surface area contributed by atoms with Gasteiger partial charge in [-0.1, -0.05) is 49.0 Å². The number of nitrogens with one attached hydrogen (secondary N) is 1. The highest BCUT2D eigenvalue weighted by Crippen LogP contribution is 2.48. The van der Waals surface area contributed by atoms with Gasteiger partial charge in [-0.3, -0.25) is 9.10 Å². The van der Waals surface area contributed by atoms with Gasteiger partial charge in [0.1, 0.15) is 11.3 Å². The van der Waals surface area contributed by atoms with E-state index in [9.17, 15) is 26.4 Å². The van der Waals surface area contributed by atoms with E-state index in [0.717, 1.165) is 42.4 Å². The fourth-order valence-electron chi connectivity index (χ4n) is 4.97. The minimum atomic E-state index is -4.52. The van der Waals surface area contributed by atoms with Crippen molar-refractivity contribution in [2.24, 2.45) is 0 Å². The summed E-state index contributed by atoms with van der Waals surface area (Å²) in [6, 6.07) is 17.3. The van der Waals surface area contributed by atoms with Crippen LogP contribution < -0.4 is 9.62 Å². The molecular formula is C32H31F3N2O5S. The molecule has 0 unspecified atom stereocenters. The third-order valence-corrected chi connectivity index (χ3v) is 8.36. The summed E-state index contributed by atoms with van der Waals surface area (Å²) in [5.41, 5.74) is 2.50. The lowest BCUT2D eigenvalue weighted by atomic mass is 10.00. The maximum Gasteiger partial charge on any atom is 0.416 e. The van der Waals surface area contributed by atoms with Crippen LogP contribution >= 0.6 is 0 Å². The van der Waals surface area contributed by atoms with Crippen LogP contribution in [0, 0.1) is 0 Å². The van der Waals surface area contributed by atoms with Crippen LogP contribution in [0.2, 0.25) is 0 Å². The number of alkyl halides is 3. The average molecular weight is 613 g/mol. The number of nitrogens with zero attached hydrogens (tertiary/aromatic N) is 1. The predicted molar refractivity (Wildman–Crippen MR) is 159 cm³/mol. The van der Waals surface area contributed by atoms with Crippen molar-refractivity contribution < 1.29 is 35.5 Å². The van der Waals surface area contributed by atoms with Crippen molar-refractivity contribution in [3.63, 3.8) is 0 Å². The summed E-state index contributed by atoms with van der Waals surface area (Å²) in [6.07, 6.45) is -1.72. The molecule has 1 aliphatic rings. The van der Waals surface area contributed by atoms with Crippen LogP contribution in [-0.4, -0.2) is 40.8 Å². The second-order valence-corrected chi connectivity index (χ2v) is 12.5. The van der Waals surface area contributed by atoms with E-state index in [4.69, 9.17) is 9.15 Å². The second-order valence-electron chi connectivity index (χ2n) is 10.6. The maximum atomic E-state index is 13.2. The molecule has 43 heavy (non-hydrogen) atoms. The average Bonchev–Trinajstić information content (AvgIpc) is 3.74. The van der Waals surface area contributed by atoms with Gasteiger partial charge in [0.15, 0.2) is 0 Å². The predicted octanol–water partition coefficient (Wildman–Crippen LogP) is 6.89. The molecule has 5 rings (SSSR count). The summed E-state index contributed by atoms with van der Waals surface area (Å²) in [5, 5.41) is 3.02. The van der Waals surface area contributed by atoms with Crippen molar-refractivity contribution in [3.8, 4) is 11.3 Å². The van der Waals surface area contributed by atoms with Crippen molar-refractivity contribution >= 4 is 32.6 Å². The zero-order chi connectivity index (χ0) is 30.9. The summed E-state index contributed by atoms with van der Waals surface area (Å²) >= 11 is 0. The molecule has 4 aromatic rings. The van der Waals surface area contributed by atoms with E-state index in [-0.39, 0.29) is 41.5 Å². The van der Waals surface area contributed by atoms with E-state index in [1.807, 2.05) is 30.3 Å². The molecular weight excluding hydrogens is 581 g/mol. The Bertz CT molecular complexity index is 1760. The molecule has 1 heterocycles. The first-order chi connectivity index (χ1) is 20.4. The highest BCUT2D eigenvalue weighted by atomic mass is 32.2. The first-order valence-electron chi connectivity index (χ1n) is 13.6. The zero-order valence-electron chi connectivity index (χ0n) is 23.7. The Kier molecular flexibility index (Phi) is 8.40. The Balaban J connectivity index is 1.53. The van der Waals surface area contributed by atoms with Crippen molar-refractivity contribution in [3.05, 3.63) is 101 Å². The third-order valence-electron chi connectivity index (χ3n) is 7.24. The lowest BCUT2D eigenvalue weighted by Gasteiger charge is -2.26. The molecule has 1 saturated carbocycles. The number of furan rings is 1. The summed E-state index contributed by atoms with van der Waals surface area (Å²) in [6.45, 7) is 4.50. The van der Waals surface area contributed by atoms with Gasteiger partial charge >= 0.3 is 6.18 Å². The number of rotatable bonds is 11. The fourth-order valence-corrected chi connectivity index (χ4v) is 5.90. The first kappa shape index (κ1) is 30.4. The molecule has 7 nitrogen and oxygen atoms in total. The fraction of sp³-hybridized carbons (Fsp3) is 0.281. The maximum absolute atomic E-state index is 13.2. The number of amides is 1. The number of halogens is 3. The van der Waals surface area contributed by atoms with Gasteiger partial charge in [-0.15, -0.1) is 0 Å². The number of carbonyl (C=O) groups is 1. The van der Waals surface area contributed by atoms with E-state index in [2.05, 4.69) is 11.9 Å². The van der Waals surface area contributed by atoms with Crippen molar-refractivity contribution in [1.29, 1.82) is 0 Å². The zero-order valence-corrected chi connectivity index (χ0v) is 24.5. The summed E-state index contributed by atoms with van der Waals surface area (Å²) in [7, 11) is -2.34. The molecule has 0 saturated heterocycles. The normalized spacial score (nSPS) is 13.7. The number of benzene rings is 3. The number of anilines is 1. The van der Waals surface area contributed by atoms with Crippen LogP contribution in [0.15, 0.2) is 83.3 Å². The Hall–Kier alpha value is -4.09. The number of fused-ring (bicyclic) bond motifs is 1. The lowest BCUT2D eigenvalue weighted by molar-refractivity contribution is -0.137. The Morgan fingerprint density at radius 1 is 1.09 bits per heavy atom. The van der Waals surface area contributed by atoms with Crippen LogP contribution in [0.5, 0.6) is 0 Å². The SMILES string of the molecule is C=C(COCc1ccccc1)CN(c1cc2oc(-c3ccc(C(F)(F)F)cc3)c(C(=O)NC)c2cc1C1CC1)S(C)(=O)=O. The van der Waals surface area contributed by atoms with Crippen LogP contribution in [0.25, 0.3) is 22.3 Å². The van der Waals surface area contributed by atoms with Crippen molar-refractivity contribution in [2.45, 2.75) is 31.5 Å². The van der Waals surface area contributed by atoms with E-state index < -0.39 is 27.7 Å². The molecule has 1 aliphatic carbocycles.